The zero-order valence-electron chi connectivity index (χ0n) is 23.8. The summed E-state index contributed by atoms with van der Waals surface area (Å²) in [6.07, 6.45) is 0.359. The van der Waals surface area contributed by atoms with E-state index in [1.165, 1.54) is 0 Å². The summed E-state index contributed by atoms with van der Waals surface area (Å²) >= 11 is 0. The maximum absolute atomic E-state index is 13.5. The zero-order chi connectivity index (χ0) is 28.1. The zero-order valence-corrected chi connectivity index (χ0v) is 23.8. The van der Waals surface area contributed by atoms with Crippen LogP contribution in [0.4, 0.5) is 0 Å². The van der Waals surface area contributed by atoms with E-state index in [9.17, 15) is 14.4 Å². The van der Waals surface area contributed by atoms with Crippen molar-refractivity contribution in [2.24, 2.45) is 5.73 Å². The lowest BCUT2D eigenvalue weighted by molar-refractivity contribution is -0.164. The molecule has 0 bridgehead atoms. The van der Waals surface area contributed by atoms with E-state index < -0.39 is 23.5 Å². The molecule has 1 fully saturated rings. The third kappa shape index (κ3) is 12.3. The molecule has 1 aliphatic heterocycles. The first-order valence-electron chi connectivity index (χ1n) is 13.5. The van der Waals surface area contributed by atoms with Crippen molar-refractivity contribution in [3.05, 3.63) is 35.9 Å². The van der Waals surface area contributed by atoms with E-state index in [0.29, 0.717) is 19.6 Å². The molecule has 1 amide bonds. The number of primary amides is 1. The number of carbonyl (C=O) groups is 3. The Kier molecular flexibility index (Phi) is 13.2. The third-order valence-corrected chi connectivity index (χ3v) is 6.45. The van der Waals surface area contributed by atoms with Gasteiger partial charge in [-0.1, -0.05) is 30.3 Å². The van der Waals surface area contributed by atoms with Crippen LogP contribution in [0.5, 0.6) is 0 Å². The second-order valence-corrected chi connectivity index (χ2v) is 11.1. The number of nitrogens with zero attached hydrogens (tertiary/aromatic N) is 3. The maximum atomic E-state index is 13.5. The van der Waals surface area contributed by atoms with Gasteiger partial charge in [-0.15, -0.1) is 0 Å². The van der Waals surface area contributed by atoms with Crippen LogP contribution in [-0.4, -0.2) is 110 Å². The van der Waals surface area contributed by atoms with Crippen molar-refractivity contribution in [1.29, 1.82) is 0 Å². The van der Waals surface area contributed by atoms with Crippen LogP contribution in [0.3, 0.4) is 0 Å². The highest BCUT2D eigenvalue weighted by Gasteiger charge is 2.36. The van der Waals surface area contributed by atoms with E-state index in [1.807, 2.05) is 70.1 Å². The number of carbonyl (C=O) groups excluding carboxylic acids is 3. The molecular weight excluding hydrogens is 486 g/mol. The van der Waals surface area contributed by atoms with Crippen LogP contribution in [0.1, 0.15) is 45.6 Å². The fraction of sp³-hybridized carbons (Fsp3) is 0.679. The molecule has 0 radical (unpaired) electrons. The molecule has 3 N–H and O–H groups in total. The van der Waals surface area contributed by atoms with Gasteiger partial charge in [0.05, 0.1) is 0 Å². The van der Waals surface area contributed by atoms with Gasteiger partial charge in [0.1, 0.15) is 18.2 Å². The normalized spacial score (nSPS) is 20.1. The van der Waals surface area contributed by atoms with Crippen LogP contribution < -0.4 is 11.1 Å². The van der Waals surface area contributed by atoms with Crippen molar-refractivity contribution < 1.29 is 23.9 Å². The molecule has 1 saturated heterocycles. The van der Waals surface area contributed by atoms with Crippen molar-refractivity contribution in [3.8, 4) is 0 Å². The number of rotatable bonds is 9. The summed E-state index contributed by atoms with van der Waals surface area (Å²) < 4.78 is 11.3. The molecule has 0 saturated carbocycles. The predicted octanol–water partition coefficient (Wildman–Crippen LogP) is 1.23. The maximum Gasteiger partial charge on any atom is 0.323 e. The van der Waals surface area contributed by atoms with Gasteiger partial charge in [-0.25, -0.2) is 0 Å². The first-order chi connectivity index (χ1) is 17.9. The van der Waals surface area contributed by atoms with Crippen LogP contribution >= 0.6 is 0 Å². The number of hydrogen-bond donors (Lipinski definition) is 2. The largest absolute Gasteiger partial charge is 0.461 e. The lowest BCUT2D eigenvalue weighted by Crippen LogP contribution is -2.56. The summed E-state index contributed by atoms with van der Waals surface area (Å²) in [6.45, 7) is 10.7. The molecule has 2 rings (SSSR count). The van der Waals surface area contributed by atoms with Crippen molar-refractivity contribution >= 4 is 17.8 Å². The van der Waals surface area contributed by atoms with Gasteiger partial charge >= 0.3 is 11.9 Å². The first-order valence-corrected chi connectivity index (χ1v) is 13.5. The van der Waals surface area contributed by atoms with Crippen LogP contribution in [0, 0.1) is 0 Å². The SMILES string of the molecule is CN1CCNCCN(C)CC(CC(N)=O)N([C@H](CCC(=O)OCc2ccccc2)C(=O)OC(C)(C)C)CC1. The van der Waals surface area contributed by atoms with Crippen LogP contribution in [0.2, 0.25) is 0 Å². The minimum atomic E-state index is -0.731. The Morgan fingerprint density at radius 2 is 1.68 bits per heavy atom. The Hall–Kier alpha value is -2.53. The van der Waals surface area contributed by atoms with Gasteiger partial charge in [0, 0.05) is 64.7 Å². The van der Waals surface area contributed by atoms with Crippen molar-refractivity contribution in [2.45, 2.75) is 64.3 Å². The lowest BCUT2D eigenvalue weighted by atomic mass is 10.0. The number of ether oxygens (including phenoxy) is 2. The molecule has 1 heterocycles. The Labute approximate surface area is 227 Å². The highest BCUT2D eigenvalue weighted by molar-refractivity contribution is 5.78. The highest BCUT2D eigenvalue weighted by atomic mass is 16.6. The van der Waals surface area contributed by atoms with E-state index in [2.05, 4.69) is 15.1 Å². The minimum Gasteiger partial charge on any atom is -0.461 e. The molecule has 10 heteroatoms. The molecular formula is C28H47N5O5. The first kappa shape index (κ1) is 31.7. The van der Waals surface area contributed by atoms with Gasteiger partial charge in [0.25, 0.3) is 0 Å². The van der Waals surface area contributed by atoms with E-state index in [-0.39, 0.29) is 37.9 Å². The number of nitrogens with two attached hydrogens (primary N) is 1. The second kappa shape index (κ2) is 15.8. The van der Waals surface area contributed by atoms with Crippen molar-refractivity contribution in [1.82, 2.24) is 20.0 Å². The second-order valence-electron chi connectivity index (χ2n) is 11.1. The minimum absolute atomic E-state index is 0.0478. The Morgan fingerprint density at radius 1 is 1.03 bits per heavy atom. The van der Waals surface area contributed by atoms with Gasteiger partial charge in [-0.2, -0.15) is 0 Å². The molecule has 1 aromatic carbocycles. The number of esters is 2. The topological polar surface area (TPSA) is 117 Å². The summed E-state index contributed by atoms with van der Waals surface area (Å²) in [5.74, 6) is -1.23. The van der Waals surface area contributed by atoms with E-state index in [0.717, 1.165) is 31.7 Å². The number of amides is 1. The van der Waals surface area contributed by atoms with Crippen molar-refractivity contribution in [2.75, 3.05) is 59.9 Å². The smallest absolute Gasteiger partial charge is 0.323 e. The molecule has 214 valence electrons. The number of likely N-dealkylation sites (N-methyl/N-ethyl adjacent to an activating group) is 2. The van der Waals surface area contributed by atoms with E-state index in [4.69, 9.17) is 15.2 Å². The van der Waals surface area contributed by atoms with Gasteiger partial charge in [-0.05, 0) is 46.9 Å². The summed E-state index contributed by atoms with van der Waals surface area (Å²) in [5.41, 5.74) is 5.87. The highest BCUT2D eigenvalue weighted by Crippen LogP contribution is 2.20. The Morgan fingerprint density at radius 3 is 2.32 bits per heavy atom. The van der Waals surface area contributed by atoms with Crippen LogP contribution in [0.25, 0.3) is 0 Å². The molecule has 0 aliphatic carbocycles. The summed E-state index contributed by atoms with van der Waals surface area (Å²) in [7, 11) is 4.03. The van der Waals surface area contributed by atoms with Crippen LogP contribution in [0.15, 0.2) is 30.3 Å². The Bertz CT molecular complexity index is 876. The molecule has 1 aromatic rings. The van der Waals surface area contributed by atoms with Crippen LogP contribution in [-0.2, 0) is 30.5 Å². The number of nitrogens with one attached hydrogen (secondary N) is 1. The van der Waals surface area contributed by atoms with Gasteiger partial charge in [-0.3, -0.25) is 19.3 Å². The monoisotopic (exact) mass is 533 g/mol. The van der Waals surface area contributed by atoms with E-state index in [1.54, 1.807) is 0 Å². The molecule has 0 aromatic heterocycles. The molecule has 1 aliphatic rings. The van der Waals surface area contributed by atoms with Gasteiger partial charge in [0.2, 0.25) is 5.91 Å². The molecule has 38 heavy (non-hydrogen) atoms. The molecule has 2 atom stereocenters. The van der Waals surface area contributed by atoms with Crippen molar-refractivity contribution in [3.63, 3.8) is 0 Å². The molecule has 1 unspecified atom stereocenters. The predicted molar refractivity (Wildman–Crippen MR) is 147 cm³/mol. The van der Waals surface area contributed by atoms with E-state index >= 15 is 0 Å². The summed E-state index contributed by atoms with van der Waals surface area (Å²) in [5, 5.41) is 3.44. The quantitative estimate of drug-likeness (QED) is 0.452. The standard InChI is InChI=1S/C28H47N5O5/c1-28(2,3)38-27(36)24(11-12-26(35)37-21-22-9-7-6-8-10-22)33-18-17-31(4)15-13-30-14-16-32(5)20-23(33)19-25(29)34/h6-10,23-24,30H,11-21H2,1-5H3,(H2,29,34)/t23?,24-/m1/s1. The molecule has 0 spiro atoms. The Balaban J connectivity index is 2.28. The lowest BCUT2D eigenvalue weighted by Gasteiger charge is -2.40. The fourth-order valence-electron chi connectivity index (χ4n) is 4.48. The average molecular weight is 534 g/mol. The number of benzene rings is 1. The summed E-state index contributed by atoms with van der Waals surface area (Å²) in [4.78, 5) is 44.7. The molecule has 10 nitrogen and oxygen atoms in total. The fourth-order valence-corrected chi connectivity index (χ4v) is 4.48. The van der Waals surface area contributed by atoms with Gasteiger partial charge in [0.15, 0.2) is 0 Å². The third-order valence-electron chi connectivity index (χ3n) is 6.45. The van der Waals surface area contributed by atoms with Gasteiger partial charge < -0.3 is 30.3 Å². The number of hydrogen-bond acceptors (Lipinski definition) is 9. The average Bonchev–Trinajstić information content (AvgIpc) is 2.82. The summed E-state index contributed by atoms with van der Waals surface area (Å²) in [6, 6.07) is 8.42.